The van der Waals surface area contributed by atoms with E-state index >= 15 is 0 Å². The van der Waals surface area contributed by atoms with Crippen LogP contribution in [0.1, 0.15) is 56.9 Å². The molecule has 6 rings (SSSR count). The van der Waals surface area contributed by atoms with Crippen LogP contribution >= 0.6 is 0 Å². The molecule has 0 spiro atoms. The maximum absolute atomic E-state index is 13.5. The Labute approximate surface area is 205 Å². The van der Waals surface area contributed by atoms with Crippen molar-refractivity contribution >= 4 is 17.6 Å². The Morgan fingerprint density at radius 2 is 1.89 bits per heavy atom. The monoisotopic (exact) mass is 498 g/mol. The predicted octanol–water partition coefficient (Wildman–Crippen LogP) is 4.91. The van der Waals surface area contributed by atoms with Crippen molar-refractivity contribution in [3.8, 4) is 17.3 Å². The van der Waals surface area contributed by atoms with Gasteiger partial charge in [-0.05, 0) is 44.1 Å². The molecule has 1 amide bonds. The molecule has 8 nitrogen and oxygen atoms in total. The fourth-order valence-corrected chi connectivity index (χ4v) is 5.59. The maximum Gasteiger partial charge on any atom is 0.413 e. The van der Waals surface area contributed by atoms with E-state index in [2.05, 4.69) is 22.5 Å². The summed E-state index contributed by atoms with van der Waals surface area (Å²) in [4.78, 5) is 12.5. The van der Waals surface area contributed by atoms with E-state index in [1.165, 1.54) is 0 Å². The smallest absolute Gasteiger partial charge is 0.383 e. The minimum Gasteiger partial charge on any atom is -0.383 e. The molecule has 3 saturated carbocycles. The third-order valence-corrected chi connectivity index (χ3v) is 7.46. The molecule has 0 unspecified atom stereocenters. The van der Waals surface area contributed by atoms with E-state index < -0.39 is 11.7 Å². The zero-order valence-corrected chi connectivity index (χ0v) is 20.0. The van der Waals surface area contributed by atoms with Gasteiger partial charge >= 0.3 is 6.18 Å². The number of anilines is 2. The maximum atomic E-state index is 13.5. The van der Waals surface area contributed by atoms with Gasteiger partial charge in [0.15, 0.2) is 5.54 Å². The minimum absolute atomic E-state index is 0.0416. The van der Waals surface area contributed by atoms with Crippen LogP contribution in [0.3, 0.4) is 0 Å². The summed E-state index contributed by atoms with van der Waals surface area (Å²) in [7, 11) is 0. The van der Waals surface area contributed by atoms with Gasteiger partial charge in [-0.2, -0.15) is 23.5 Å². The van der Waals surface area contributed by atoms with Crippen LogP contribution in [0.15, 0.2) is 34.9 Å². The molecule has 1 aromatic carbocycles. The van der Waals surface area contributed by atoms with Gasteiger partial charge in [0.05, 0.1) is 12.1 Å². The highest BCUT2D eigenvalue weighted by Gasteiger charge is 2.66. The van der Waals surface area contributed by atoms with Crippen LogP contribution < -0.4 is 11.1 Å². The molecule has 36 heavy (non-hydrogen) atoms. The molecule has 0 radical (unpaired) electrons. The minimum atomic E-state index is -4.63. The predicted molar refractivity (Wildman–Crippen MR) is 125 cm³/mol. The van der Waals surface area contributed by atoms with Gasteiger partial charge in [0, 0.05) is 17.0 Å². The highest BCUT2D eigenvalue weighted by atomic mass is 19.4. The number of amides is 1. The van der Waals surface area contributed by atoms with Crippen LogP contribution in [0, 0.1) is 16.7 Å². The standard InChI is InChI=1S/C25H25F3N6O2/c1-22(2,25(26,27)28)34-21(30)16(10-29)20(32-34)15-6-4-14(5-7-15)8-18(35)31-19-9-17(33-36-19)24-11-23(3,12-24)13-24/h4-7,9H,8,11-13,30H2,1-3H3,(H,31,35). The second-order valence-corrected chi connectivity index (χ2v) is 10.8. The number of nitrogens with zero attached hydrogens (tertiary/aromatic N) is 4. The zero-order chi connectivity index (χ0) is 26.1. The van der Waals surface area contributed by atoms with Crippen LogP contribution in [0.5, 0.6) is 0 Å². The van der Waals surface area contributed by atoms with E-state index in [-0.39, 0.29) is 34.8 Å². The van der Waals surface area contributed by atoms with Crippen molar-refractivity contribution in [1.29, 1.82) is 5.26 Å². The highest BCUT2D eigenvalue weighted by Crippen LogP contribution is 2.73. The molecular formula is C25H25F3N6O2. The van der Waals surface area contributed by atoms with Gasteiger partial charge in [-0.1, -0.05) is 36.3 Å². The molecule has 2 aromatic heterocycles. The fraction of sp³-hybridized carbons (Fsp3) is 0.440. The van der Waals surface area contributed by atoms with Gasteiger partial charge in [0.25, 0.3) is 0 Å². The molecule has 11 heteroatoms. The first-order valence-corrected chi connectivity index (χ1v) is 11.5. The molecule has 3 fully saturated rings. The third-order valence-electron chi connectivity index (χ3n) is 7.46. The lowest BCUT2D eigenvalue weighted by molar-refractivity contribution is -0.205. The average Bonchev–Trinajstić information content (AvgIpc) is 3.34. The summed E-state index contributed by atoms with van der Waals surface area (Å²) in [5, 5.41) is 20.4. The third kappa shape index (κ3) is 3.63. The van der Waals surface area contributed by atoms with Crippen LogP contribution in [-0.4, -0.2) is 27.0 Å². The second-order valence-electron chi connectivity index (χ2n) is 10.8. The number of nitrogens with one attached hydrogen (secondary N) is 1. The number of carbonyl (C=O) groups excluding carboxylic acids is 1. The number of rotatable bonds is 6. The Morgan fingerprint density at radius 1 is 1.25 bits per heavy atom. The van der Waals surface area contributed by atoms with E-state index in [4.69, 9.17) is 10.3 Å². The second kappa shape index (κ2) is 7.59. The number of alkyl halides is 3. The highest BCUT2D eigenvalue weighted by molar-refractivity contribution is 5.91. The summed E-state index contributed by atoms with van der Waals surface area (Å²) in [6, 6.07) is 10.1. The van der Waals surface area contributed by atoms with Crippen LogP contribution in [-0.2, 0) is 22.2 Å². The number of benzene rings is 1. The lowest BCUT2D eigenvalue weighted by atomic mass is 9.35. The van der Waals surface area contributed by atoms with Crippen molar-refractivity contribution in [2.45, 2.75) is 63.6 Å². The topological polar surface area (TPSA) is 123 Å². The summed E-state index contributed by atoms with van der Waals surface area (Å²) in [6.45, 7) is 4.14. The van der Waals surface area contributed by atoms with Crippen molar-refractivity contribution in [1.82, 2.24) is 14.9 Å². The first-order chi connectivity index (χ1) is 16.8. The molecule has 3 N–H and O–H groups in total. The number of nitrogens with two attached hydrogens (primary N) is 1. The lowest BCUT2D eigenvalue weighted by Gasteiger charge is -2.68. The van der Waals surface area contributed by atoms with E-state index in [0.717, 1.165) is 38.8 Å². The Hall–Kier alpha value is -3.81. The summed E-state index contributed by atoms with van der Waals surface area (Å²) in [5.41, 5.74) is 5.84. The first kappa shape index (κ1) is 23.9. The molecule has 2 bridgehead atoms. The fourth-order valence-electron chi connectivity index (χ4n) is 5.59. The quantitative estimate of drug-likeness (QED) is 0.498. The van der Waals surface area contributed by atoms with Gasteiger partial charge in [-0.15, -0.1) is 0 Å². The molecule has 3 aromatic rings. The first-order valence-electron chi connectivity index (χ1n) is 11.5. The SMILES string of the molecule is CC12CC(c3cc(NC(=O)Cc4ccc(-c5nn(C(C)(C)C(F)(F)F)c(N)c5C#N)cc4)on3)(C1)C2. The molecule has 0 atom stereocenters. The Bertz CT molecular complexity index is 1370. The Morgan fingerprint density at radius 3 is 2.44 bits per heavy atom. The molecule has 2 heterocycles. The van der Waals surface area contributed by atoms with E-state index in [1.54, 1.807) is 30.3 Å². The van der Waals surface area contributed by atoms with E-state index in [9.17, 15) is 23.2 Å². The molecule has 188 valence electrons. The normalized spacial score (nSPS) is 22.9. The summed E-state index contributed by atoms with van der Waals surface area (Å²) in [5.74, 6) is -0.362. The van der Waals surface area contributed by atoms with Crippen LogP contribution in [0.4, 0.5) is 24.9 Å². The molecule has 3 aliphatic rings. The number of nitriles is 1. The Kier molecular flexibility index (Phi) is 5.04. The number of hydrogen-bond acceptors (Lipinski definition) is 6. The van der Waals surface area contributed by atoms with E-state index in [1.807, 2.05) is 6.07 Å². The van der Waals surface area contributed by atoms with Gasteiger partial charge in [0.2, 0.25) is 11.8 Å². The van der Waals surface area contributed by atoms with Gasteiger partial charge in [-0.25, -0.2) is 4.68 Å². The summed E-state index contributed by atoms with van der Waals surface area (Å²) < 4.78 is 46.5. The van der Waals surface area contributed by atoms with Gasteiger partial charge < -0.3 is 10.3 Å². The van der Waals surface area contributed by atoms with E-state index in [0.29, 0.717) is 27.1 Å². The number of nitrogen functional groups attached to an aromatic ring is 1. The molecule has 0 saturated heterocycles. The molecule has 3 aliphatic carbocycles. The molecular weight excluding hydrogens is 473 g/mol. The van der Waals surface area contributed by atoms with Crippen molar-refractivity contribution in [2.75, 3.05) is 11.1 Å². The van der Waals surface area contributed by atoms with Crippen molar-refractivity contribution < 1.29 is 22.5 Å². The summed E-state index contributed by atoms with van der Waals surface area (Å²) in [6.07, 6.45) is -1.30. The number of hydrogen-bond donors (Lipinski definition) is 2. The molecule has 0 aliphatic heterocycles. The number of halogens is 3. The Balaban J connectivity index is 1.28. The van der Waals surface area contributed by atoms with Crippen LogP contribution in [0.25, 0.3) is 11.3 Å². The number of aromatic nitrogens is 3. The zero-order valence-electron chi connectivity index (χ0n) is 20.0. The van der Waals surface area contributed by atoms with Gasteiger partial charge in [0.1, 0.15) is 23.1 Å². The van der Waals surface area contributed by atoms with Gasteiger partial charge in [-0.3, -0.25) is 10.1 Å². The van der Waals surface area contributed by atoms with Crippen molar-refractivity contribution in [3.63, 3.8) is 0 Å². The average molecular weight is 499 g/mol. The summed E-state index contributed by atoms with van der Waals surface area (Å²) >= 11 is 0. The largest absolute Gasteiger partial charge is 0.413 e. The van der Waals surface area contributed by atoms with Crippen molar-refractivity contribution in [2.24, 2.45) is 5.41 Å². The lowest BCUT2D eigenvalue weighted by Crippen LogP contribution is -2.62. The number of carbonyl (C=O) groups is 1. The van der Waals surface area contributed by atoms with Crippen LogP contribution in [0.2, 0.25) is 0 Å². The van der Waals surface area contributed by atoms with Crippen molar-refractivity contribution in [3.05, 3.63) is 47.2 Å².